The van der Waals surface area contributed by atoms with Crippen molar-refractivity contribution in [2.45, 2.75) is 83.5 Å². The van der Waals surface area contributed by atoms with Crippen LogP contribution in [0.2, 0.25) is 0 Å². The van der Waals surface area contributed by atoms with Crippen molar-refractivity contribution in [2.24, 2.45) is 34.5 Å². The molecule has 3 heteroatoms. The molecule has 0 aromatic heterocycles. The largest absolute Gasteiger partial charge is 0.393 e. The molecule has 5 fully saturated rings. The molecule has 4 saturated carbocycles. The Balaban J connectivity index is 1.45. The maximum Gasteiger partial charge on any atom is 0.168 e. The maximum atomic E-state index is 11.1. The highest BCUT2D eigenvalue weighted by atomic mass is 16.7. The Kier molecular flexibility index (Phi) is 3.49. The van der Waals surface area contributed by atoms with Crippen molar-refractivity contribution in [1.29, 1.82) is 0 Å². The van der Waals surface area contributed by atoms with E-state index in [1.54, 1.807) is 0 Å². The minimum atomic E-state index is -0.367. The van der Waals surface area contributed by atoms with E-state index < -0.39 is 0 Å². The third-order valence-electron chi connectivity index (χ3n) is 9.28. The second-order valence-corrected chi connectivity index (χ2v) is 10.2. The highest BCUT2D eigenvalue weighted by Crippen LogP contribution is 2.67. The van der Waals surface area contributed by atoms with Crippen LogP contribution in [0.5, 0.6) is 0 Å². The number of aliphatic hydroxyl groups excluding tert-OH is 1. The normalized spacial score (nSPS) is 55.9. The molecule has 136 valence electrons. The van der Waals surface area contributed by atoms with E-state index in [0.29, 0.717) is 11.3 Å². The molecule has 0 bridgehead atoms. The van der Waals surface area contributed by atoms with Crippen LogP contribution < -0.4 is 0 Å². The average Bonchev–Trinajstić information content (AvgIpc) is 3.16. The third-order valence-corrected chi connectivity index (χ3v) is 9.28. The summed E-state index contributed by atoms with van der Waals surface area (Å²) in [5.74, 6) is 2.41. The van der Waals surface area contributed by atoms with Gasteiger partial charge in [0.15, 0.2) is 5.79 Å². The van der Waals surface area contributed by atoms with Crippen LogP contribution in [0, 0.1) is 34.5 Å². The van der Waals surface area contributed by atoms with Crippen molar-refractivity contribution in [3.05, 3.63) is 0 Å². The number of fused-ring (bicyclic) bond motifs is 5. The first-order valence-corrected chi connectivity index (χ1v) is 10.4. The maximum absolute atomic E-state index is 11.1. The monoisotopic (exact) mass is 334 g/mol. The standard InChI is InChI=1S/C21H34O3/c1-19-6-3-4-15(19)14-12-18(22)17-13-21(23-10-11-24-21)9-8-20(17,2)16(14)5-7-19/h14-18,22H,3-13H2,1-2H3/t14-,15-,16-,17-,18+,19-,20+/m0/s1. The molecule has 3 nitrogen and oxygen atoms in total. The molecule has 5 aliphatic rings. The van der Waals surface area contributed by atoms with E-state index in [1.165, 1.54) is 38.5 Å². The van der Waals surface area contributed by atoms with Crippen LogP contribution in [0.1, 0.15) is 71.6 Å². The smallest absolute Gasteiger partial charge is 0.168 e. The molecule has 1 N–H and O–H groups in total. The zero-order valence-corrected chi connectivity index (χ0v) is 15.4. The van der Waals surface area contributed by atoms with Crippen LogP contribution in [0.4, 0.5) is 0 Å². The second-order valence-electron chi connectivity index (χ2n) is 10.2. The molecule has 4 aliphatic carbocycles. The molecule has 0 radical (unpaired) electrons. The summed E-state index contributed by atoms with van der Waals surface area (Å²) in [6, 6.07) is 0. The molecule has 0 amide bonds. The van der Waals surface area contributed by atoms with Gasteiger partial charge in [-0.25, -0.2) is 0 Å². The SMILES string of the molecule is C[C@@]12CCC[C@H]1[C@@H]1C[C@@H](O)[C@@H]3CC4(CC[C@]3(C)[C@H]1CC2)OCCO4. The highest BCUT2D eigenvalue weighted by molar-refractivity contribution is 5.10. The zero-order valence-electron chi connectivity index (χ0n) is 15.4. The van der Waals surface area contributed by atoms with E-state index in [1.807, 2.05) is 0 Å². The van der Waals surface area contributed by atoms with Gasteiger partial charge >= 0.3 is 0 Å². The lowest BCUT2D eigenvalue weighted by atomic mass is 9.44. The molecule has 7 atom stereocenters. The van der Waals surface area contributed by atoms with E-state index in [2.05, 4.69) is 13.8 Å². The fraction of sp³-hybridized carbons (Fsp3) is 1.00. The van der Waals surface area contributed by atoms with Crippen LogP contribution in [0.3, 0.4) is 0 Å². The summed E-state index contributed by atoms with van der Waals surface area (Å²) in [5.41, 5.74) is 0.852. The fourth-order valence-corrected chi connectivity index (χ4v) is 7.98. The van der Waals surface area contributed by atoms with Gasteiger partial charge in [0.05, 0.1) is 19.3 Å². The molecule has 0 aromatic carbocycles. The van der Waals surface area contributed by atoms with Gasteiger partial charge in [0.1, 0.15) is 0 Å². The van der Waals surface area contributed by atoms with Crippen LogP contribution in [-0.4, -0.2) is 30.2 Å². The molecule has 1 spiro atoms. The predicted octanol–water partition coefficient (Wildman–Crippen LogP) is 4.13. The van der Waals surface area contributed by atoms with Crippen molar-refractivity contribution in [3.63, 3.8) is 0 Å². The molecule has 0 aromatic rings. The van der Waals surface area contributed by atoms with Gasteiger partial charge in [-0.3, -0.25) is 0 Å². The summed E-state index contributed by atoms with van der Waals surface area (Å²) in [6.45, 7) is 6.49. The van der Waals surface area contributed by atoms with Crippen molar-refractivity contribution in [3.8, 4) is 0 Å². The number of hydrogen-bond donors (Lipinski definition) is 1. The van der Waals surface area contributed by atoms with Crippen molar-refractivity contribution in [2.75, 3.05) is 13.2 Å². The van der Waals surface area contributed by atoms with E-state index in [9.17, 15) is 5.11 Å². The summed E-state index contributed by atoms with van der Waals surface area (Å²) >= 11 is 0. The second kappa shape index (κ2) is 5.20. The Morgan fingerprint density at radius 1 is 0.875 bits per heavy atom. The van der Waals surface area contributed by atoms with Crippen LogP contribution >= 0.6 is 0 Å². The van der Waals surface area contributed by atoms with Crippen LogP contribution in [0.25, 0.3) is 0 Å². The number of rotatable bonds is 0. The zero-order chi connectivity index (χ0) is 16.6. The Morgan fingerprint density at radius 3 is 2.46 bits per heavy atom. The first kappa shape index (κ1) is 16.1. The molecule has 24 heavy (non-hydrogen) atoms. The third kappa shape index (κ3) is 2.07. The van der Waals surface area contributed by atoms with Crippen LogP contribution in [0.15, 0.2) is 0 Å². The van der Waals surface area contributed by atoms with Gasteiger partial charge in [0.25, 0.3) is 0 Å². The summed E-state index contributed by atoms with van der Waals surface area (Å²) in [6.07, 6.45) is 11.0. The Morgan fingerprint density at radius 2 is 1.67 bits per heavy atom. The minimum absolute atomic E-state index is 0.163. The van der Waals surface area contributed by atoms with Gasteiger partial charge in [0.2, 0.25) is 0 Å². The molecule has 1 aliphatic heterocycles. The molecule has 0 unspecified atom stereocenters. The van der Waals surface area contributed by atoms with Gasteiger partial charge in [-0.2, -0.15) is 0 Å². The van der Waals surface area contributed by atoms with Crippen molar-refractivity contribution >= 4 is 0 Å². The molecule has 1 heterocycles. The van der Waals surface area contributed by atoms with E-state index in [-0.39, 0.29) is 17.3 Å². The van der Waals surface area contributed by atoms with Gasteiger partial charge in [0, 0.05) is 12.8 Å². The topological polar surface area (TPSA) is 38.7 Å². The Bertz CT molecular complexity index is 513. The van der Waals surface area contributed by atoms with Gasteiger partial charge < -0.3 is 14.6 Å². The molecular weight excluding hydrogens is 300 g/mol. The van der Waals surface area contributed by atoms with E-state index in [0.717, 1.165) is 50.2 Å². The quantitative estimate of drug-likeness (QED) is 0.724. The summed E-state index contributed by atoms with van der Waals surface area (Å²) in [7, 11) is 0. The van der Waals surface area contributed by atoms with Crippen molar-refractivity contribution < 1.29 is 14.6 Å². The number of aliphatic hydroxyl groups is 1. The van der Waals surface area contributed by atoms with Crippen molar-refractivity contribution in [1.82, 2.24) is 0 Å². The molecular formula is C21H34O3. The van der Waals surface area contributed by atoms with Gasteiger partial charge in [-0.15, -0.1) is 0 Å². The van der Waals surface area contributed by atoms with E-state index >= 15 is 0 Å². The van der Waals surface area contributed by atoms with E-state index in [4.69, 9.17) is 9.47 Å². The minimum Gasteiger partial charge on any atom is -0.393 e. The fourth-order valence-electron chi connectivity index (χ4n) is 7.98. The van der Waals surface area contributed by atoms with Gasteiger partial charge in [-0.1, -0.05) is 20.3 Å². The molecule has 1 saturated heterocycles. The van der Waals surface area contributed by atoms with Gasteiger partial charge in [-0.05, 0) is 73.0 Å². The predicted molar refractivity (Wildman–Crippen MR) is 92.4 cm³/mol. The first-order chi connectivity index (χ1) is 11.5. The Labute approximate surface area is 146 Å². The summed E-state index contributed by atoms with van der Waals surface area (Å²) in [5, 5.41) is 11.1. The number of hydrogen-bond acceptors (Lipinski definition) is 3. The Hall–Kier alpha value is -0.120. The lowest BCUT2D eigenvalue weighted by molar-refractivity contribution is -0.247. The van der Waals surface area contributed by atoms with Crippen LogP contribution in [-0.2, 0) is 9.47 Å². The lowest BCUT2D eigenvalue weighted by Gasteiger charge is -2.62. The summed E-state index contributed by atoms with van der Waals surface area (Å²) in [4.78, 5) is 0. The highest BCUT2D eigenvalue weighted by Gasteiger charge is 2.62. The number of ether oxygens (including phenoxy) is 2. The average molecular weight is 335 g/mol. The summed E-state index contributed by atoms with van der Waals surface area (Å²) < 4.78 is 12.0. The first-order valence-electron chi connectivity index (χ1n) is 10.4. The molecule has 5 rings (SSSR count). The lowest BCUT2D eigenvalue weighted by Crippen LogP contribution is -2.59.